The van der Waals surface area contributed by atoms with Crippen LogP contribution in [0.4, 0.5) is 5.69 Å². The third-order valence-corrected chi connectivity index (χ3v) is 6.86. The first-order chi connectivity index (χ1) is 18.9. The number of carboxylic acid groups (broad SMARTS) is 1. The predicted molar refractivity (Wildman–Crippen MR) is 150 cm³/mol. The van der Waals surface area contributed by atoms with Crippen LogP contribution in [0.15, 0.2) is 78.9 Å². The fourth-order valence-corrected chi connectivity index (χ4v) is 4.82. The first-order valence-electron chi connectivity index (χ1n) is 13.3. The number of aliphatic carboxylic acids is 1. The molecule has 0 spiro atoms. The molecule has 3 aromatic carbocycles. The van der Waals surface area contributed by atoms with Crippen LogP contribution in [-0.2, 0) is 9.59 Å². The van der Waals surface area contributed by atoms with Crippen LogP contribution >= 0.6 is 0 Å². The lowest BCUT2D eigenvalue weighted by Gasteiger charge is -2.33. The van der Waals surface area contributed by atoms with E-state index in [1.807, 2.05) is 60.7 Å². The van der Waals surface area contributed by atoms with Gasteiger partial charge in [0.1, 0.15) is 12.3 Å². The maximum Gasteiger partial charge on any atom is 0.308 e. The Kier molecular flexibility index (Phi) is 9.33. The van der Waals surface area contributed by atoms with Crippen LogP contribution in [0.1, 0.15) is 53.7 Å². The van der Waals surface area contributed by atoms with Gasteiger partial charge in [-0.05, 0) is 55.1 Å². The van der Waals surface area contributed by atoms with Gasteiger partial charge in [0.2, 0.25) is 5.91 Å². The number of nitrogens with two attached hydrogens (primary N) is 1. The van der Waals surface area contributed by atoms with Crippen LogP contribution in [0.25, 0.3) is 0 Å². The number of anilines is 1. The Morgan fingerprint density at radius 1 is 0.949 bits per heavy atom. The third-order valence-electron chi connectivity index (χ3n) is 6.86. The predicted octanol–water partition coefficient (Wildman–Crippen LogP) is 4.49. The summed E-state index contributed by atoms with van der Waals surface area (Å²) in [7, 11) is 0. The SMILES string of the molecule is CC(CN1CC(=O)N(C(c2ccccc2)c2ccccc2)c2ccc(OCCCCCN)cc2C1=O)C(=O)O. The van der Waals surface area contributed by atoms with Crippen LogP contribution < -0.4 is 15.4 Å². The van der Waals surface area contributed by atoms with Crippen molar-refractivity contribution in [3.05, 3.63) is 95.6 Å². The van der Waals surface area contributed by atoms with E-state index in [0.29, 0.717) is 30.2 Å². The van der Waals surface area contributed by atoms with Crippen molar-refractivity contribution in [1.82, 2.24) is 4.90 Å². The van der Waals surface area contributed by atoms with E-state index < -0.39 is 23.8 Å². The number of carbonyl (C=O) groups is 3. The molecule has 204 valence electrons. The van der Waals surface area contributed by atoms with Crippen molar-refractivity contribution < 1.29 is 24.2 Å². The Labute approximate surface area is 229 Å². The maximum atomic E-state index is 14.0. The monoisotopic (exact) mass is 529 g/mol. The standard InChI is InChI=1S/C31H35N3O5/c1-22(31(37)38)20-33-21-28(35)34(29(23-11-5-2-6-12-23)24-13-7-3-8-14-24)27-16-15-25(19-26(27)30(33)36)39-18-10-4-9-17-32/h2-3,5-8,11-16,19,22,29H,4,9-10,17-18,20-21,32H2,1H3,(H,37,38). The molecule has 3 aromatic rings. The summed E-state index contributed by atoms with van der Waals surface area (Å²) in [5, 5.41) is 9.51. The molecular formula is C31H35N3O5. The Bertz CT molecular complexity index is 1240. The molecule has 0 saturated heterocycles. The summed E-state index contributed by atoms with van der Waals surface area (Å²) >= 11 is 0. The number of benzene rings is 3. The minimum atomic E-state index is -1.03. The van der Waals surface area contributed by atoms with Crippen molar-refractivity contribution in [3.63, 3.8) is 0 Å². The van der Waals surface area contributed by atoms with Gasteiger partial charge in [0.05, 0.1) is 29.8 Å². The molecule has 0 aliphatic carbocycles. The molecule has 0 radical (unpaired) electrons. The highest BCUT2D eigenvalue weighted by Gasteiger charge is 2.37. The molecule has 1 atom stereocenters. The second kappa shape index (κ2) is 13.1. The summed E-state index contributed by atoms with van der Waals surface area (Å²) in [4.78, 5) is 42.4. The van der Waals surface area contributed by atoms with Crippen LogP contribution in [0.5, 0.6) is 5.75 Å². The first-order valence-corrected chi connectivity index (χ1v) is 13.3. The number of unbranched alkanes of at least 4 members (excludes halogenated alkanes) is 2. The van der Waals surface area contributed by atoms with E-state index in [1.54, 1.807) is 23.1 Å². The molecule has 0 saturated carbocycles. The van der Waals surface area contributed by atoms with Gasteiger partial charge in [-0.3, -0.25) is 19.3 Å². The van der Waals surface area contributed by atoms with Gasteiger partial charge in [-0.25, -0.2) is 0 Å². The summed E-state index contributed by atoms with van der Waals surface area (Å²) in [6.45, 7) is 2.31. The lowest BCUT2D eigenvalue weighted by atomic mass is 9.95. The van der Waals surface area contributed by atoms with Gasteiger partial charge in [0, 0.05) is 6.54 Å². The van der Waals surface area contributed by atoms with E-state index in [4.69, 9.17) is 10.5 Å². The number of nitrogens with zero attached hydrogens (tertiary/aromatic N) is 2. The number of hydrogen-bond acceptors (Lipinski definition) is 5. The summed E-state index contributed by atoms with van der Waals surface area (Å²) in [5.41, 5.74) is 8.12. The molecule has 0 bridgehead atoms. The molecule has 1 heterocycles. The lowest BCUT2D eigenvalue weighted by molar-refractivity contribution is -0.141. The zero-order valence-corrected chi connectivity index (χ0v) is 22.2. The zero-order valence-electron chi connectivity index (χ0n) is 22.2. The van der Waals surface area contributed by atoms with Gasteiger partial charge in [-0.15, -0.1) is 0 Å². The number of amides is 2. The summed E-state index contributed by atoms with van der Waals surface area (Å²) < 4.78 is 5.95. The average Bonchev–Trinajstić information content (AvgIpc) is 3.04. The Hall–Kier alpha value is -4.17. The van der Waals surface area contributed by atoms with Crippen LogP contribution in [0.2, 0.25) is 0 Å². The van der Waals surface area contributed by atoms with Crippen LogP contribution in [0, 0.1) is 5.92 Å². The molecular weight excluding hydrogens is 494 g/mol. The molecule has 1 aliphatic heterocycles. The Morgan fingerprint density at radius 2 is 1.59 bits per heavy atom. The Balaban J connectivity index is 1.79. The van der Waals surface area contributed by atoms with Gasteiger partial charge < -0.3 is 20.5 Å². The topological polar surface area (TPSA) is 113 Å². The molecule has 1 aliphatic rings. The van der Waals surface area contributed by atoms with Gasteiger partial charge in [0.25, 0.3) is 5.91 Å². The number of rotatable bonds is 12. The number of ether oxygens (including phenoxy) is 1. The molecule has 3 N–H and O–H groups in total. The highest BCUT2D eigenvalue weighted by Crippen LogP contribution is 2.38. The average molecular weight is 530 g/mol. The van der Waals surface area contributed by atoms with Crippen LogP contribution in [-0.4, -0.2) is 54.0 Å². The second-order valence-corrected chi connectivity index (χ2v) is 9.79. The van der Waals surface area contributed by atoms with Gasteiger partial charge in [-0.2, -0.15) is 0 Å². The fraction of sp³-hybridized carbons (Fsp3) is 0.323. The number of hydrogen-bond donors (Lipinski definition) is 2. The van der Waals surface area contributed by atoms with Crippen molar-refractivity contribution in [3.8, 4) is 5.75 Å². The summed E-state index contributed by atoms with van der Waals surface area (Å²) in [6.07, 6.45) is 2.69. The van der Waals surface area contributed by atoms with E-state index in [1.165, 1.54) is 11.8 Å². The highest BCUT2D eigenvalue weighted by molar-refractivity contribution is 6.10. The van der Waals surface area contributed by atoms with E-state index in [2.05, 4.69) is 0 Å². The van der Waals surface area contributed by atoms with Crippen molar-refractivity contribution in [2.75, 3.05) is 31.1 Å². The Morgan fingerprint density at radius 3 is 2.18 bits per heavy atom. The number of carbonyl (C=O) groups excluding carboxylic acids is 2. The number of fused-ring (bicyclic) bond motifs is 1. The zero-order chi connectivity index (χ0) is 27.8. The molecule has 2 amide bonds. The smallest absolute Gasteiger partial charge is 0.308 e. The largest absolute Gasteiger partial charge is 0.494 e. The molecule has 0 aromatic heterocycles. The van der Waals surface area contributed by atoms with E-state index in [0.717, 1.165) is 30.4 Å². The summed E-state index contributed by atoms with van der Waals surface area (Å²) in [5.74, 6) is -2.04. The van der Waals surface area contributed by atoms with Crippen molar-refractivity contribution in [2.45, 2.75) is 32.2 Å². The molecule has 1 unspecified atom stereocenters. The molecule has 0 fully saturated rings. The molecule has 39 heavy (non-hydrogen) atoms. The van der Waals surface area contributed by atoms with E-state index >= 15 is 0 Å². The maximum absolute atomic E-state index is 14.0. The normalized spacial score (nSPS) is 14.2. The molecule has 8 nitrogen and oxygen atoms in total. The van der Waals surface area contributed by atoms with Gasteiger partial charge >= 0.3 is 5.97 Å². The number of carboxylic acids is 1. The second-order valence-electron chi connectivity index (χ2n) is 9.79. The lowest BCUT2D eigenvalue weighted by Crippen LogP contribution is -2.43. The summed E-state index contributed by atoms with van der Waals surface area (Å²) in [6, 6.07) is 24.0. The van der Waals surface area contributed by atoms with Crippen molar-refractivity contribution >= 4 is 23.5 Å². The van der Waals surface area contributed by atoms with Crippen molar-refractivity contribution in [1.29, 1.82) is 0 Å². The van der Waals surface area contributed by atoms with Gasteiger partial charge in [-0.1, -0.05) is 67.6 Å². The quantitative estimate of drug-likeness (QED) is 0.334. The first kappa shape index (κ1) is 27.9. The van der Waals surface area contributed by atoms with Crippen LogP contribution in [0.3, 0.4) is 0 Å². The minimum Gasteiger partial charge on any atom is -0.494 e. The third kappa shape index (κ3) is 6.64. The van der Waals surface area contributed by atoms with Crippen molar-refractivity contribution in [2.24, 2.45) is 11.7 Å². The highest BCUT2D eigenvalue weighted by atomic mass is 16.5. The fourth-order valence-electron chi connectivity index (χ4n) is 4.82. The van der Waals surface area contributed by atoms with E-state index in [9.17, 15) is 19.5 Å². The molecule has 4 rings (SSSR count). The van der Waals surface area contributed by atoms with E-state index in [-0.39, 0.29) is 19.0 Å². The molecule has 8 heteroatoms. The van der Waals surface area contributed by atoms with Gasteiger partial charge in [0.15, 0.2) is 0 Å². The minimum absolute atomic E-state index is 0.0846.